The molecule has 3 unspecified atom stereocenters. The number of hydrogen-bond acceptors (Lipinski definition) is 7. The molecule has 1 aliphatic carbocycles. The summed E-state index contributed by atoms with van der Waals surface area (Å²) in [5.41, 5.74) is 0. The van der Waals surface area contributed by atoms with E-state index in [-0.39, 0.29) is 30.8 Å². The lowest BCUT2D eigenvalue weighted by Gasteiger charge is -2.36. The summed E-state index contributed by atoms with van der Waals surface area (Å²) in [5, 5.41) is 0. The number of methoxy groups -OCH3 is 2. The molecule has 0 spiro atoms. The fourth-order valence-electron chi connectivity index (χ4n) is 5.07. The molecular weight excluding hydrogens is 438 g/mol. The number of carbonyl (C=O) groups excluding carboxylic acids is 3. The fourth-order valence-corrected chi connectivity index (χ4v) is 5.07. The molecule has 1 aliphatic heterocycles. The predicted octanol–water partition coefficient (Wildman–Crippen LogP) is 3.79. The van der Waals surface area contributed by atoms with Gasteiger partial charge in [-0.15, -0.1) is 0 Å². The summed E-state index contributed by atoms with van der Waals surface area (Å²) in [4.78, 5) is 40.4. The quantitative estimate of drug-likeness (QED) is 0.289. The van der Waals surface area contributed by atoms with Crippen LogP contribution in [0.1, 0.15) is 58.3 Å². The third-order valence-electron chi connectivity index (χ3n) is 6.97. The number of amides is 1. The molecule has 0 aromatic heterocycles. The van der Waals surface area contributed by atoms with Crippen LogP contribution in [0, 0.1) is 11.8 Å². The normalized spacial score (nSPS) is 22.6. The van der Waals surface area contributed by atoms with Crippen molar-refractivity contribution >= 4 is 17.7 Å². The lowest BCUT2D eigenvalue weighted by Crippen LogP contribution is -2.52. The molecule has 1 saturated carbocycles. The molecule has 0 bridgehead atoms. The zero-order valence-corrected chi connectivity index (χ0v) is 20.5. The number of ketones is 1. The van der Waals surface area contributed by atoms with E-state index in [9.17, 15) is 14.4 Å². The highest BCUT2D eigenvalue weighted by atomic mass is 16.6. The van der Waals surface area contributed by atoms with Gasteiger partial charge in [0.15, 0.2) is 11.5 Å². The van der Waals surface area contributed by atoms with E-state index in [0.29, 0.717) is 30.2 Å². The molecule has 1 aromatic rings. The molecule has 3 atom stereocenters. The zero-order chi connectivity index (χ0) is 24.5. The first-order chi connectivity index (χ1) is 16.5. The molecule has 1 saturated heterocycles. The Hall–Kier alpha value is -2.77. The second-order valence-electron chi connectivity index (χ2n) is 8.97. The molecule has 1 amide bonds. The first-order valence-electron chi connectivity index (χ1n) is 12.4. The summed E-state index contributed by atoms with van der Waals surface area (Å²) in [7, 11) is 3.10. The molecule has 1 heterocycles. The summed E-state index contributed by atoms with van der Waals surface area (Å²) >= 11 is 0. The number of hydrogen-bond donors (Lipinski definition) is 0. The third kappa shape index (κ3) is 6.21. The van der Waals surface area contributed by atoms with Crippen molar-refractivity contribution in [2.75, 3.05) is 34.0 Å². The van der Waals surface area contributed by atoms with Gasteiger partial charge in [0, 0.05) is 18.5 Å². The Morgan fingerprint density at radius 3 is 2.41 bits per heavy atom. The van der Waals surface area contributed by atoms with Crippen LogP contribution in [0.4, 0.5) is 0 Å². The monoisotopic (exact) mass is 475 g/mol. The number of nitrogens with zero attached hydrogens (tertiary/aromatic N) is 1. The van der Waals surface area contributed by atoms with E-state index in [2.05, 4.69) is 6.92 Å². The highest BCUT2D eigenvalue weighted by Crippen LogP contribution is 2.34. The van der Waals surface area contributed by atoms with Crippen molar-refractivity contribution in [3.8, 4) is 17.2 Å². The second-order valence-corrected chi connectivity index (χ2v) is 8.97. The van der Waals surface area contributed by atoms with Crippen LogP contribution in [0.5, 0.6) is 17.2 Å². The standard InChI is InChI=1S/C26H37NO7/c1-4-18-9-5-6-10-20(18)24(28)25(29)27-14-8-7-11-21(27)26(30)34-16-15-33-19-12-13-22(31-2)23(17-19)32-3/h12-13,17-18,20-21H,4-11,14-16H2,1-3H3. The summed E-state index contributed by atoms with van der Waals surface area (Å²) < 4.78 is 21.5. The van der Waals surface area contributed by atoms with Gasteiger partial charge in [-0.2, -0.15) is 0 Å². The van der Waals surface area contributed by atoms with Gasteiger partial charge in [0.2, 0.25) is 5.78 Å². The van der Waals surface area contributed by atoms with Gasteiger partial charge in [0.25, 0.3) is 5.91 Å². The number of likely N-dealkylation sites (tertiary alicyclic amines) is 1. The topological polar surface area (TPSA) is 91.4 Å². The van der Waals surface area contributed by atoms with Crippen molar-refractivity contribution in [1.29, 1.82) is 0 Å². The Labute approximate surface area is 201 Å². The summed E-state index contributed by atoms with van der Waals surface area (Å²) in [6.07, 6.45) is 6.86. The number of Topliss-reactive ketones (excluding diaryl/α,β-unsaturated/α-hetero) is 1. The Kier molecular flexibility index (Phi) is 9.60. The fraction of sp³-hybridized carbons (Fsp3) is 0.654. The van der Waals surface area contributed by atoms with Gasteiger partial charge >= 0.3 is 5.97 Å². The van der Waals surface area contributed by atoms with E-state index in [1.165, 1.54) is 4.90 Å². The number of benzene rings is 1. The molecule has 0 radical (unpaired) electrons. The van der Waals surface area contributed by atoms with Crippen LogP contribution < -0.4 is 14.2 Å². The van der Waals surface area contributed by atoms with Crippen molar-refractivity contribution in [2.24, 2.45) is 11.8 Å². The van der Waals surface area contributed by atoms with Crippen molar-refractivity contribution in [2.45, 2.75) is 64.3 Å². The first kappa shape index (κ1) is 25.8. The van der Waals surface area contributed by atoms with E-state index < -0.39 is 17.9 Å². The minimum atomic E-state index is -0.713. The van der Waals surface area contributed by atoms with Crippen LogP contribution in [0.2, 0.25) is 0 Å². The maximum atomic E-state index is 13.1. The number of piperidine rings is 1. The van der Waals surface area contributed by atoms with Crippen LogP contribution in [-0.4, -0.2) is 62.6 Å². The average Bonchev–Trinajstić information content (AvgIpc) is 2.89. The molecule has 8 nitrogen and oxygen atoms in total. The maximum absolute atomic E-state index is 13.1. The number of ether oxygens (including phenoxy) is 4. The van der Waals surface area contributed by atoms with Crippen LogP contribution in [0.15, 0.2) is 18.2 Å². The van der Waals surface area contributed by atoms with E-state index >= 15 is 0 Å². The number of esters is 1. The average molecular weight is 476 g/mol. The van der Waals surface area contributed by atoms with Gasteiger partial charge in [-0.1, -0.05) is 26.2 Å². The molecule has 2 fully saturated rings. The largest absolute Gasteiger partial charge is 0.493 e. The van der Waals surface area contributed by atoms with Crippen molar-refractivity contribution in [3.05, 3.63) is 18.2 Å². The van der Waals surface area contributed by atoms with E-state index in [1.54, 1.807) is 32.4 Å². The Morgan fingerprint density at radius 1 is 0.941 bits per heavy atom. The molecule has 188 valence electrons. The van der Waals surface area contributed by atoms with Crippen LogP contribution >= 0.6 is 0 Å². The third-order valence-corrected chi connectivity index (χ3v) is 6.97. The van der Waals surface area contributed by atoms with Crippen LogP contribution in [0.3, 0.4) is 0 Å². The van der Waals surface area contributed by atoms with E-state index in [0.717, 1.165) is 44.9 Å². The number of rotatable bonds is 10. The molecule has 3 rings (SSSR count). The second kappa shape index (κ2) is 12.6. The Morgan fingerprint density at radius 2 is 1.68 bits per heavy atom. The smallest absolute Gasteiger partial charge is 0.328 e. The minimum Gasteiger partial charge on any atom is -0.493 e. The molecular formula is C26H37NO7. The Balaban J connectivity index is 1.53. The van der Waals surface area contributed by atoms with Gasteiger partial charge in [-0.05, 0) is 50.2 Å². The van der Waals surface area contributed by atoms with E-state index in [1.807, 2.05) is 0 Å². The van der Waals surface area contributed by atoms with Crippen molar-refractivity contribution in [3.63, 3.8) is 0 Å². The van der Waals surface area contributed by atoms with Gasteiger partial charge in [0.05, 0.1) is 14.2 Å². The van der Waals surface area contributed by atoms with Gasteiger partial charge < -0.3 is 23.8 Å². The maximum Gasteiger partial charge on any atom is 0.328 e. The lowest BCUT2D eigenvalue weighted by molar-refractivity contribution is -0.160. The molecule has 34 heavy (non-hydrogen) atoms. The molecule has 8 heteroatoms. The molecule has 2 aliphatic rings. The van der Waals surface area contributed by atoms with Crippen molar-refractivity contribution in [1.82, 2.24) is 4.90 Å². The minimum absolute atomic E-state index is 0.0419. The van der Waals surface area contributed by atoms with Gasteiger partial charge in [0.1, 0.15) is 25.0 Å². The number of carbonyl (C=O) groups is 3. The molecule has 0 N–H and O–H groups in total. The summed E-state index contributed by atoms with van der Waals surface area (Å²) in [6, 6.07) is 4.46. The van der Waals surface area contributed by atoms with E-state index in [4.69, 9.17) is 18.9 Å². The Bertz CT molecular complexity index is 856. The predicted molar refractivity (Wildman–Crippen MR) is 126 cm³/mol. The highest BCUT2D eigenvalue weighted by Gasteiger charge is 2.40. The van der Waals surface area contributed by atoms with Gasteiger partial charge in [-0.3, -0.25) is 9.59 Å². The summed E-state index contributed by atoms with van der Waals surface area (Å²) in [6.45, 7) is 2.68. The lowest BCUT2D eigenvalue weighted by atomic mass is 9.75. The van der Waals surface area contributed by atoms with Crippen molar-refractivity contribution < 1.29 is 33.3 Å². The highest BCUT2D eigenvalue weighted by molar-refractivity contribution is 6.37. The zero-order valence-electron chi connectivity index (χ0n) is 20.5. The SMILES string of the molecule is CCC1CCCCC1C(=O)C(=O)N1CCCCC1C(=O)OCCOc1ccc(OC)c(OC)c1. The first-order valence-corrected chi connectivity index (χ1v) is 12.4. The van der Waals surface area contributed by atoms with Crippen LogP contribution in [0.25, 0.3) is 0 Å². The van der Waals surface area contributed by atoms with Gasteiger partial charge in [-0.25, -0.2) is 4.79 Å². The summed E-state index contributed by atoms with van der Waals surface area (Å²) in [5.74, 6) is 0.405. The molecule has 1 aromatic carbocycles. The van der Waals surface area contributed by atoms with Crippen LogP contribution in [-0.2, 0) is 19.1 Å².